The molecule has 0 aliphatic heterocycles. The van der Waals surface area contributed by atoms with Crippen LogP contribution in [0.15, 0.2) is 61.2 Å². The summed E-state index contributed by atoms with van der Waals surface area (Å²) < 4.78 is 0. The third-order valence-corrected chi connectivity index (χ3v) is 3.22. The maximum Gasteiger partial charge on any atom is 0.275 e. The number of hydrogen-bond donors (Lipinski definition) is 1. The number of hydrogen-bond acceptors (Lipinski definition) is 4. The van der Waals surface area contributed by atoms with Gasteiger partial charge in [-0.2, -0.15) is 0 Å². The van der Waals surface area contributed by atoms with Crippen molar-refractivity contribution in [2.24, 2.45) is 0 Å². The van der Waals surface area contributed by atoms with E-state index >= 15 is 0 Å². The highest BCUT2D eigenvalue weighted by Gasteiger charge is 2.11. The molecule has 1 N–H and O–H groups in total. The topological polar surface area (TPSA) is 67.8 Å². The maximum atomic E-state index is 12.3. The average Bonchev–Trinajstić information content (AvgIpc) is 2.58. The summed E-state index contributed by atoms with van der Waals surface area (Å²) in [5.74, 6) is -0.285. The van der Waals surface area contributed by atoms with E-state index in [0.717, 1.165) is 16.8 Å². The Morgan fingerprint density at radius 1 is 1.00 bits per heavy atom. The number of aromatic nitrogens is 3. The van der Waals surface area contributed by atoms with Crippen LogP contribution in [0.4, 0.5) is 5.69 Å². The van der Waals surface area contributed by atoms with Crippen molar-refractivity contribution in [3.8, 4) is 11.3 Å². The lowest BCUT2D eigenvalue weighted by Gasteiger charge is -2.08. The van der Waals surface area contributed by atoms with Crippen LogP contribution in [0.5, 0.6) is 0 Å². The molecule has 3 aromatic rings. The van der Waals surface area contributed by atoms with Crippen molar-refractivity contribution in [1.82, 2.24) is 15.0 Å². The molecule has 2 aromatic heterocycles. The Labute approximate surface area is 128 Å². The number of carbonyl (C=O) groups is 1. The molecule has 5 heteroatoms. The van der Waals surface area contributed by atoms with Crippen LogP contribution >= 0.6 is 0 Å². The molecule has 0 radical (unpaired) electrons. The fourth-order valence-corrected chi connectivity index (χ4v) is 2.03. The normalized spacial score (nSPS) is 10.2. The van der Waals surface area contributed by atoms with E-state index in [1.165, 1.54) is 6.20 Å². The minimum absolute atomic E-state index is 0.268. The first-order chi connectivity index (χ1) is 10.7. The van der Waals surface area contributed by atoms with Gasteiger partial charge in [0.15, 0.2) is 0 Å². The molecule has 0 fully saturated rings. The van der Waals surface area contributed by atoms with Crippen molar-refractivity contribution in [3.05, 3.63) is 72.4 Å². The second-order valence-electron chi connectivity index (χ2n) is 4.80. The van der Waals surface area contributed by atoms with Crippen LogP contribution in [-0.4, -0.2) is 20.9 Å². The van der Waals surface area contributed by atoms with Crippen LogP contribution in [0.1, 0.15) is 16.1 Å². The van der Waals surface area contributed by atoms with Crippen molar-refractivity contribution in [2.75, 3.05) is 5.32 Å². The predicted octanol–water partition coefficient (Wildman–Crippen LogP) is 3.10. The van der Waals surface area contributed by atoms with Gasteiger partial charge in [-0.05, 0) is 30.7 Å². The molecule has 22 heavy (non-hydrogen) atoms. The van der Waals surface area contributed by atoms with Crippen molar-refractivity contribution >= 4 is 11.6 Å². The summed E-state index contributed by atoms with van der Waals surface area (Å²) in [5, 5.41) is 2.85. The Kier molecular flexibility index (Phi) is 3.87. The first-order valence-corrected chi connectivity index (χ1v) is 6.83. The van der Waals surface area contributed by atoms with E-state index in [9.17, 15) is 4.79 Å². The molecular formula is C17H14N4O. The van der Waals surface area contributed by atoms with Gasteiger partial charge in [0.1, 0.15) is 5.69 Å². The predicted molar refractivity (Wildman–Crippen MR) is 84.4 cm³/mol. The number of rotatable bonds is 3. The van der Waals surface area contributed by atoms with Gasteiger partial charge in [-0.15, -0.1) is 0 Å². The average molecular weight is 290 g/mol. The van der Waals surface area contributed by atoms with Crippen molar-refractivity contribution in [3.63, 3.8) is 0 Å². The molecule has 0 aliphatic carbocycles. The van der Waals surface area contributed by atoms with E-state index < -0.39 is 0 Å². The maximum absolute atomic E-state index is 12.3. The Hall–Kier alpha value is -3.08. The molecular weight excluding hydrogens is 276 g/mol. The minimum Gasteiger partial charge on any atom is -0.320 e. The number of nitrogens with one attached hydrogen (secondary N) is 1. The third-order valence-electron chi connectivity index (χ3n) is 3.22. The van der Waals surface area contributed by atoms with Crippen LogP contribution in [-0.2, 0) is 0 Å². The fourth-order valence-electron chi connectivity index (χ4n) is 2.03. The Morgan fingerprint density at radius 2 is 1.86 bits per heavy atom. The van der Waals surface area contributed by atoms with Crippen LogP contribution in [0.25, 0.3) is 11.3 Å². The molecule has 0 bridgehead atoms. The van der Waals surface area contributed by atoms with Gasteiger partial charge in [-0.25, -0.2) is 4.98 Å². The smallest absolute Gasteiger partial charge is 0.275 e. The Bertz CT molecular complexity index is 803. The number of amides is 1. The zero-order valence-electron chi connectivity index (χ0n) is 12.0. The lowest BCUT2D eigenvalue weighted by atomic mass is 10.2. The molecule has 0 atom stereocenters. The number of benzene rings is 1. The Morgan fingerprint density at radius 3 is 2.64 bits per heavy atom. The van der Waals surface area contributed by atoms with Gasteiger partial charge in [0, 0.05) is 23.6 Å². The first-order valence-electron chi connectivity index (χ1n) is 6.83. The highest BCUT2D eigenvalue weighted by Crippen LogP contribution is 2.16. The first kappa shape index (κ1) is 13.9. The quantitative estimate of drug-likeness (QED) is 0.804. The molecule has 0 saturated heterocycles. The second kappa shape index (κ2) is 6.13. The van der Waals surface area contributed by atoms with Crippen LogP contribution in [0, 0.1) is 6.92 Å². The highest BCUT2D eigenvalue weighted by atomic mass is 16.1. The summed E-state index contributed by atoms with van der Waals surface area (Å²) in [5.41, 5.74) is 3.46. The van der Waals surface area contributed by atoms with E-state index in [4.69, 9.17) is 0 Å². The molecule has 3 rings (SSSR count). The molecule has 1 amide bonds. The monoisotopic (exact) mass is 290 g/mol. The SMILES string of the molecule is Cc1ccccc1NC(=O)c1cncc(-c2cccnc2)n1. The summed E-state index contributed by atoms with van der Waals surface area (Å²) >= 11 is 0. The largest absolute Gasteiger partial charge is 0.320 e. The van der Waals surface area contributed by atoms with E-state index in [-0.39, 0.29) is 11.6 Å². The van der Waals surface area contributed by atoms with E-state index in [1.54, 1.807) is 18.6 Å². The zero-order valence-corrected chi connectivity index (χ0v) is 12.0. The molecule has 1 aromatic carbocycles. The van der Waals surface area contributed by atoms with E-state index in [1.807, 2.05) is 43.3 Å². The van der Waals surface area contributed by atoms with Crippen molar-refractivity contribution in [2.45, 2.75) is 6.92 Å². The molecule has 108 valence electrons. The van der Waals surface area contributed by atoms with Crippen molar-refractivity contribution < 1.29 is 4.79 Å². The number of carbonyl (C=O) groups excluding carboxylic acids is 1. The lowest BCUT2D eigenvalue weighted by Crippen LogP contribution is -2.15. The van der Waals surface area contributed by atoms with Crippen LogP contribution in [0.2, 0.25) is 0 Å². The third kappa shape index (κ3) is 2.98. The minimum atomic E-state index is -0.285. The van der Waals surface area contributed by atoms with E-state index in [2.05, 4.69) is 20.3 Å². The lowest BCUT2D eigenvalue weighted by molar-refractivity contribution is 0.102. The number of para-hydroxylation sites is 1. The molecule has 0 unspecified atom stereocenters. The van der Waals surface area contributed by atoms with Crippen LogP contribution < -0.4 is 5.32 Å². The zero-order chi connectivity index (χ0) is 15.4. The molecule has 2 heterocycles. The summed E-state index contributed by atoms with van der Waals surface area (Å²) in [6, 6.07) is 11.3. The molecule has 0 spiro atoms. The van der Waals surface area contributed by atoms with E-state index in [0.29, 0.717) is 5.69 Å². The number of anilines is 1. The van der Waals surface area contributed by atoms with Gasteiger partial charge in [-0.3, -0.25) is 14.8 Å². The number of pyridine rings is 1. The fraction of sp³-hybridized carbons (Fsp3) is 0.0588. The summed E-state index contributed by atoms with van der Waals surface area (Å²) in [6.45, 7) is 1.94. The van der Waals surface area contributed by atoms with Gasteiger partial charge in [0.25, 0.3) is 5.91 Å². The number of aryl methyl sites for hydroxylation is 1. The van der Waals surface area contributed by atoms with Gasteiger partial charge in [0.05, 0.1) is 18.1 Å². The summed E-state index contributed by atoms with van der Waals surface area (Å²) in [7, 11) is 0. The summed E-state index contributed by atoms with van der Waals surface area (Å²) in [4.78, 5) is 24.8. The number of nitrogens with zero attached hydrogens (tertiary/aromatic N) is 3. The van der Waals surface area contributed by atoms with Gasteiger partial charge < -0.3 is 5.32 Å². The second-order valence-corrected chi connectivity index (χ2v) is 4.80. The Balaban J connectivity index is 1.86. The molecule has 0 saturated carbocycles. The van der Waals surface area contributed by atoms with Gasteiger partial charge >= 0.3 is 0 Å². The standard InChI is InChI=1S/C17H14N4O/c1-12-5-2-3-7-14(12)21-17(22)16-11-19-10-15(20-16)13-6-4-8-18-9-13/h2-11H,1H3,(H,21,22). The van der Waals surface area contributed by atoms with Gasteiger partial charge in [0.2, 0.25) is 0 Å². The molecule has 0 aliphatic rings. The van der Waals surface area contributed by atoms with Gasteiger partial charge in [-0.1, -0.05) is 18.2 Å². The highest BCUT2D eigenvalue weighted by molar-refractivity contribution is 6.03. The summed E-state index contributed by atoms with van der Waals surface area (Å²) in [6.07, 6.45) is 6.44. The van der Waals surface area contributed by atoms with Crippen molar-refractivity contribution in [1.29, 1.82) is 0 Å². The molecule has 5 nitrogen and oxygen atoms in total. The van der Waals surface area contributed by atoms with Crippen LogP contribution in [0.3, 0.4) is 0 Å².